The maximum atomic E-state index is 6.16. The molecule has 1 aliphatic heterocycles. The summed E-state index contributed by atoms with van der Waals surface area (Å²) >= 11 is 4.12. The Hall–Kier alpha value is 0.220. The van der Waals surface area contributed by atoms with Crippen molar-refractivity contribution in [3.8, 4) is 11.8 Å². The van der Waals surface area contributed by atoms with Crippen molar-refractivity contribution in [1.29, 1.82) is 0 Å². The standard InChI is InChI=1S/C11H19NS2/c1-3-5-6-9(12)11-10(4-2)13-7-8-14-11/h9-11H,4,6-8,12H2,1-2H3. The number of hydrogen-bond donors (Lipinski definition) is 1. The van der Waals surface area contributed by atoms with Crippen molar-refractivity contribution in [1.82, 2.24) is 0 Å². The molecule has 80 valence electrons. The molecule has 3 unspecified atom stereocenters. The van der Waals surface area contributed by atoms with E-state index in [4.69, 9.17) is 5.73 Å². The molecule has 0 saturated carbocycles. The summed E-state index contributed by atoms with van der Waals surface area (Å²) in [5, 5.41) is 1.35. The third-order valence-corrected chi connectivity index (χ3v) is 5.86. The van der Waals surface area contributed by atoms with E-state index in [1.165, 1.54) is 17.9 Å². The highest BCUT2D eigenvalue weighted by molar-refractivity contribution is 8.07. The smallest absolute Gasteiger partial charge is 0.0327 e. The summed E-state index contributed by atoms with van der Waals surface area (Å²) in [5.74, 6) is 8.55. The number of rotatable bonds is 3. The molecule has 1 nitrogen and oxygen atoms in total. The van der Waals surface area contributed by atoms with Gasteiger partial charge in [-0.25, -0.2) is 0 Å². The Balaban J connectivity index is 2.48. The van der Waals surface area contributed by atoms with E-state index in [-0.39, 0.29) is 6.04 Å². The Morgan fingerprint density at radius 1 is 1.43 bits per heavy atom. The lowest BCUT2D eigenvalue weighted by Crippen LogP contribution is -2.41. The molecule has 1 fully saturated rings. The van der Waals surface area contributed by atoms with Crippen LogP contribution >= 0.6 is 23.5 Å². The summed E-state index contributed by atoms with van der Waals surface area (Å²) in [6.45, 7) is 4.14. The maximum Gasteiger partial charge on any atom is 0.0327 e. The molecule has 1 aliphatic rings. The Labute approximate surface area is 96.0 Å². The van der Waals surface area contributed by atoms with Gasteiger partial charge in [-0.3, -0.25) is 0 Å². The predicted molar refractivity (Wildman–Crippen MR) is 68.8 cm³/mol. The number of nitrogens with two attached hydrogens (primary N) is 1. The Bertz CT molecular complexity index is 219. The van der Waals surface area contributed by atoms with Gasteiger partial charge in [0.25, 0.3) is 0 Å². The van der Waals surface area contributed by atoms with E-state index in [0.717, 1.165) is 11.7 Å². The van der Waals surface area contributed by atoms with Gasteiger partial charge in [0.05, 0.1) is 0 Å². The van der Waals surface area contributed by atoms with Crippen LogP contribution in [0.3, 0.4) is 0 Å². The van der Waals surface area contributed by atoms with Gasteiger partial charge in [-0.2, -0.15) is 23.5 Å². The average molecular weight is 229 g/mol. The van der Waals surface area contributed by atoms with Crippen LogP contribution in [0.5, 0.6) is 0 Å². The second-order valence-corrected chi connectivity index (χ2v) is 6.08. The molecular formula is C11H19NS2. The molecule has 3 heteroatoms. The van der Waals surface area contributed by atoms with E-state index in [0.29, 0.717) is 5.25 Å². The SMILES string of the molecule is CC#CCC(N)C1SCCSC1CC. The van der Waals surface area contributed by atoms with Crippen molar-refractivity contribution in [3.05, 3.63) is 0 Å². The molecule has 1 rings (SSSR count). The zero-order valence-corrected chi connectivity index (χ0v) is 10.6. The molecule has 1 saturated heterocycles. The highest BCUT2D eigenvalue weighted by atomic mass is 32.2. The van der Waals surface area contributed by atoms with Crippen LogP contribution in [0.1, 0.15) is 26.7 Å². The Morgan fingerprint density at radius 3 is 2.79 bits per heavy atom. The topological polar surface area (TPSA) is 26.0 Å². The molecule has 3 atom stereocenters. The van der Waals surface area contributed by atoms with E-state index < -0.39 is 0 Å². The molecule has 2 N–H and O–H groups in total. The average Bonchev–Trinajstić information content (AvgIpc) is 2.25. The van der Waals surface area contributed by atoms with Gasteiger partial charge < -0.3 is 5.73 Å². The number of hydrogen-bond acceptors (Lipinski definition) is 3. The fraction of sp³-hybridized carbons (Fsp3) is 0.818. The van der Waals surface area contributed by atoms with Gasteiger partial charge in [0, 0.05) is 34.5 Å². The maximum absolute atomic E-state index is 6.16. The lowest BCUT2D eigenvalue weighted by molar-refractivity contribution is 0.612. The summed E-state index contributed by atoms with van der Waals surface area (Å²) in [7, 11) is 0. The van der Waals surface area contributed by atoms with Crippen molar-refractivity contribution < 1.29 is 0 Å². The molecule has 1 heterocycles. The molecule has 0 aromatic carbocycles. The van der Waals surface area contributed by atoms with Crippen LogP contribution in [0.15, 0.2) is 0 Å². The summed E-state index contributed by atoms with van der Waals surface area (Å²) in [4.78, 5) is 0. The van der Waals surface area contributed by atoms with Crippen molar-refractivity contribution in [3.63, 3.8) is 0 Å². The van der Waals surface area contributed by atoms with Gasteiger partial charge >= 0.3 is 0 Å². The van der Waals surface area contributed by atoms with Gasteiger partial charge in [-0.15, -0.1) is 11.8 Å². The third kappa shape index (κ3) is 3.42. The van der Waals surface area contributed by atoms with Crippen molar-refractivity contribution in [2.75, 3.05) is 11.5 Å². The van der Waals surface area contributed by atoms with E-state index in [1.54, 1.807) is 0 Å². The van der Waals surface area contributed by atoms with Gasteiger partial charge in [0.2, 0.25) is 0 Å². The van der Waals surface area contributed by atoms with E-state index in [2.05, 4.69) is 30.5 Å². The summed E-state index contributed by atoms with van der Waals surface area (Å²) in [6.07, 6.45) is 2.08. The monoisotopic (exact) mass is 229 g/mol. The molecule has 0 spiro atoms. The zero-order valence-electron chi connectivity index (χ0n) is 8.95. The largest absolute Gasteiger partial charge is 0.326 e. The van der Waals surface area contributed by atoms with E-state index >= 15 is 0 Å². The second kappa shape index (κ2) is 6.66. The van der Waals surface area contributed by atoms with Crippen LogP contribution in [0, 0.1) is 11.8 Å². The molecule has 0 aromatic rings. The fourth-order valence-corrected chi connectivity index (χ4v) is 4.87. The summed E-state index contributed by atoms with van der Waals surface area (Å²) in [6, 6.07) is 0.255. The van der Waals surface area contributed by atoms with Crippen LogP contribution in [-0.2, 0) is 0 Å². The van der Waals surface area contributed by atoms with Crippen LogP contribution in [-0.4, -0.2) is 28.0 Å². The van der Waals surface area contributed by atoms with Crippen molar-refractivity contribution in [2.45, 2.75) is 43.2 Å². The van der Waals surface area contributed by atoms with Crippen LogP contribution in [0.25, 0.3) is 0 Å². The van der Waals surface area contributed by atoms with Gasteiger partial charge in [-0.1, -0.05) is 6.92 Å². The molecule has 0 bridgehead atoms. The summed E-state index contributed by atoms with van der Waals surface area (Å²) in [5.41, 5.74) is 6.16. The molecule has 0 radical (unpaired) electrons. The third-order valence-electron chi connectivity index (χ3n) is 2.43. The van der Waals surface area contributed by atoms with Crippen molar-refractivity contribution >= 4 is 23.5 Å². The first kappa shape index (κ1) is 12.3. The normalized spacial score (nSPS) is 29.1. The first-order chi connectivity index (χ1) is 6.79. The van der Waals surface area contributed by atoms with Crippen LogP contribution in [0.4, 0.5) is 0 Å². The van der Waals surface area contributed by atoms with E-state index in [9.17, 15) is 0 Å². The molecule has 0 aromatic heterocycles. The molecular weight excluding hydrogens is 210 g/mol. The second-order valence-electron chi connectivity index (χ2n) is 3.45. The molecule has 0 aliphatic carbocycles. The van der Waals surface area contributed by atoms with Gasteiger partial charge in [-0.05, 0) is 13.3 Å². The Kier molecular flexibility index (Phi) is 5.84. The predicted octanol–water partition coefficient (Wildman–Crippen LogP) is 2.35. The first-order valence-corrected chi connectivity index (χ1v) is 7.27. The zero-order chi connectivity index (χ0) is 10.4. The minimum Gasteiger partial charge on any atom is -0.326 e. The van der Waals surface area contributed by atoms with Crippen LogP contribution < -0.4 is 5.73 Å². The van der Waals surface area contributed by atoms with Gasteiger partial charge in [0.15, 0.2) is 0 Å². The van der Waals surface area contributed by atoms with E-state index in [1.807, 2.05) is 18.7 Å². The Morgan fingerprint density at radius 2 is 2.14 bits per heavy atom. The van der Waals surface area contributed by atoms with Gasteiger partial charge in [0.1, 0.15) is 0 Å². The molecule has 0 amide bonds. The first-order valence-electron chi connectivity index (χ1n) is 5.18. The number of thioether (sulfide) groups is 2. The fourth-order valence-electron chi connectivity index (χ4n) is 1.67. The lowest BCUT2D eigenvalue weighted by atomic mass is 10.1. The highest BCUT2D eigenvalue weighted by Gasteiger charge is 2.29. The minimum atomic E-state index is 0.255. The highest BCUT2D eigenvalue weighted by Crippen LogP contribution is 2.35. The van der Waals surface area contributed by atoms with Crippen LogP contribution in [0.2, 0.25) is 0 Å². The summed E-state index contributed by atoms with van der Waals surface area (Å²) < 4.78 is 0. The lowest BCUT2D eigenvalue weighted by Gasteiger charge is -2.33. The van der Waals surface area contributed by atoms with Crippen molar-refractivity contribution in [2.24, 2.45) is 5.73 Å². The quantitative estimate of drug-likeness (QED) is 0.752. The molecule has 14 heavy (non-hydrogen) atoms. The minimum absolute atomic E-state index is 0.255.